The van der Waals surface area contributed by atoms with Crippen molar-refractivity contribution < 1.29 is 0 Å². The molecule has 0 fully saturated rings. The largest absolute Gasteiger partial charge is 0.275 e. The van der Waals surface area contributed by atoms with E-state index >= 15 is 0 Å². The second-order valence-electron chi connectivity index (χ2n) is 5.10. The number of fused-ring (bicyclic) bond motifs is 1. The van der Waals surface area contributed by atoms with Crippen molar-refractivity contribution in [2.45, 2.75) is 10.9 Å². The lowest BCUT2D eigenvalue weighted by molar-refractivity contribution is 0.815. The van der Waals surface area contributed by atoms with E-state index in [9.17, 15) is 0 Å². The zero-order valence-corrected chi connectivity index (χ0v) is 13.5. The highest BCUT2D eigenvalue weighted by molar-refractivity contribution is 7.98. The number of hydrogen-bond acceptors (Lipinski definition) is 5. The van der Waals surface area contributed by atoms with Crippen LogP contribution in [0.25, 0.3) is 5.78 Å². The van der Waals surface area contributed by atoms with Crippen LogP contribution < -0.4 is 0 Å². The third kappa shape index (κ3) is 3.07. The fourth-order valence-electron chi connectivity index (χ4n) is 2.22. The zero-order chi connectivity index (χ0) is 16.2. The maximum absolute atomic E-state index is 4.39. The number of hydrogen-bond donors (Lipinski definition) is 0. The average Bonchev–Trinajstić information content (AvgIpc) is 3.22. The van der Waals surface area contributed by atoms with Crippen LogP contribution in [0.15, 0.2) is 77.2 Å². The van der Waals surface area contributed by atoms with Crippen molar-refractivity contribution in [1.29, 1.82) is 0 Å². The van der Waals surface area contributed by atoms with Crippen LogP contribution in [0.3, 0.4) is 0 Å². The van der Waals surface area contributed by atoms with Crippen molar-refractivity contribution in [1.82, 2.24) is 24.5 Å². The highest BCUT2D eigenvalue weighted by Crippen LogP contribution is 2.20. The second kappa shape index (κ2) is 6.67. The smallest absolute Gasteiger partial charge is 0.184 e. The molecule has 0 atom stereocenters. The van der Waals surface area contributed by atoms with Gasteiger partial charge in [0.25, 0.3) is 5.78 Å². The molecule has 7 heteroatoms. The Labute approximate surface area is 142 Å². The topological polar surface area (TPSA) is 60.4 Å². The third-order valence-corrected chi connectivity index (χ3v) is 4.41. The van der Waals surface area contributed by atoms with Crippen LogP contribution in [-0.4, -0.2) is 30.7 Å². The van der Waals surface area contributed by atoms with Gasteiger partial charge in [-0.05, 0) is 11.1 Å². The highest BCUT2D eigenvalue weighted by Gasteiger charge is 2.11. The van der Waals surface area contributed by atoms with E-state index in [2.05, 4.69) is 32.5 Å². The first-order valence-corrected chi connectivity index (χ1v) is 8.43. The molecule has 0 aliphatic carbocycles. The van der Waals surface area contributed by atoms with E-state index in [1.54, 1.807) is 33.5 Å². The van der Waals surface area contributed by atoms with Crippen LogP contribution in [0.2, 0.25) is 0 Å². The Morgan fingerprint density at radius 1 is 0.958 bits per heavy atom. The Hall–Kier alpha value is -2.93. The minimum Gasteiger partial charge on any atom is -0.184 e. The Bertz CT molecular complexity index is 959. The quantitative estimate of drug-likeness (QED) is 0.416. The number of rotatable bonds is 5. The van der Waals surface area contributed by atoms with Crippen LogP contribution in [-0.2, 0) is 5.75 Å². The predicted molar refractivity (Wildman–Crippen MR) is 94.2 cm³/mol. The van der Waals surface area contributed by atoms with Crippen LogP contribution in [0.5, 0.6) is 0 Å². The van der Waals surface area contributed by atoms with Gasteiger partial charge in [-0.25, -0.2) is 0 Å². The minimum absolute atomic E-state index is 0.595. The maximum Gasteiger partial charge on any atom is 0.275 e. The molecular weight excluding hydrogens is 320 g/mol. The molecule has 0 unspecified atom stereocenters. The molecule has 0 spiro atoms. The normalized spacial score (nSPS) is 11.5. The molecule has 4 rings (SSSR count). The molecule has 2 aromatic heterocycles. The molecule has 0 saturated carbocycles. The number of nitrogens with zero attached hydrogens (tertiary/aromatic N) is 6. The first-order valence-electron chi connectivity index (χ1n) is 7.45. The molecule has 2 aromatic carbocycles. The van der Waals surface area contributed by atoms with Gasteiger partial charge in [0, 0.05) is 5.75 Å². The van der Waals surface area contributed by atoms with E-state index in [0.29, 0.717) is 5.78 Å². The molecule has 4 aromatic rings. The molecule has 118 valence electrons. The molecule has 0 bridgehead atoms. The average molecular weight is 334 g/mol. The summed E-state index contributed by atoms with van der Waals surface area (Å²) in [6.07, 6.45) is 3.41. The van der Waals surface area contributed by atoms with Crippen LogP contribution in [0, 0.1) is 0 Å². The van der Waals surface area contributed by atoms with Gasteiger partial charge in [0.15, 0.2) is 0 Å². The van der Waals surface area contributed by atoms with Gasteiger partial charge in [0.05, 0.1) is 6.21 Å². The van der Waals surface area contributed by atoms with Gasteiger partial charge in [-0.15, -0.1) is 10.2 Å². The van der Waals surface area contributed by atoms with E-state index in [4.69, 9.17) is 0 Å². The standard InChI is InChI=1S/C17H14N6S/c1-3-7-14(8-4-1)11-18-22-13-19-23-16(22)20-21-17(23)24-12-15-9-5-2-6-10-15/h1-11,13H,12H2/b18-11-. The van der Waals surface area contributed by atoms with Crippen LogP contribution >= 0.6 is 11.8 Å². The van der Waals surface area contributed by atoms with E-state index in [1.165, 1.54) is 5.56 Å². The molecule has 0 N–H and O–H groups in total. The van der Waals surface area contributed by atoms with E-state index in [-0.39, 0.29) is 0 Å². The molecule has 0 amide bonds. The van der Waals surface area contributed by atoms with Gasteiger partial charge in [-0.2, -0.15) is 19.4 Å². The Morgan fingerprint density at radius 2 is 1.71 bits per heavy atom. The van der Waals surface area contributed by atoms with Crippen molar-refractivity contribution >= 4 is 23.8 Å². The van der Waals surface area contributed by atoms with E-state index < -0.39 is 0 Å². The molecule has 24 heavy (non-hydrogen) atoms. The van der Waals surface area contributed by atoms with Crippen molar-refractivity contribution in [2.24, 2.45) is 5.10 Å². The number of thioether (sulfide) groups is 1. The minimum atomic E-state index is 0.595. The molecule has 2 heterocycles. The van der Waals surface area contributed by atoms with E-state index in [0.717, 1.165) is 16.5 Å². The van der Waals surface area contributed by atoms with Gasteiger partial charge in [-0.3, -0.25) is 0 Å². The lowest BCUT2D eigenvalue weighted by atomic mass is 10.2. The van der Waals surface area contributed by atoms with Crippen molar-refractivity contribution in [3.63, 3.8) is 0 Å². The Morgan fingerprint density at radius 3 is 2.50 bits per heavy atom. The summed E-state index contributed by atoms with van der Waals surface area (Å²) in [4.78, 5) is 0. The summed E-state index contributed by atoms with van der Waals surface area (Å²) in [5.74, 6) is 1.42. The van der Waals surface area contributed by atoms with Gasteiger partial charge in [-0.1, -0.05) is 72.4 Å². The van der Waals surface area contributed by atoms with Crippen molar-refractivity contribution in [3.05, 3.63) is 78.1 Å². The summed E-state index contributed by atoms with van der Waals surface area (Å²) < 4.78 is 3.32. The predicted octanol–water partition coefficient (Wildman–Crippen LogP) is 3.10. The fourth-order valence-corrected chi connectivity index (χ4v) is 3.05. The molecular formula is C17H14N6S. The second-order valence-corrected chi connectivity index (χ2v) is 6.04. The summed E-state index contributed by atoms with van der Waals surface area (Å²) >= 11 is 1.60. The summed E-state index contributed by atoms with van der Waals surface area (Å²) in [6.45, 7) is 0. The highest BCUT2D eigenvalue weighted by atomic mass is 32.2. The van der Waals surface area contributed by atoms with Gasteiger partial charge in [0.2, 0.25) is 5.16 Å². The SMILES string of the molecule is C(=N/n1cnn2c(SCc3ccccc3)nnc12)/c1ccccc1. The number of aromatic nitrogens is 5. The first-order chi connectivity index (χ1) is 11.9. The Balaban J connectivity index is 1.53. The van der Waals surface area contributed by atoms with Crippen molar-refractivity contribution in [3.8, 4) is 0 Å². The van der Waals surface area contributed by atoms with Crippen LogP contribution in [0.1, 0.15) is 11.1 Å². The molecule has 0 aliphatic rings. The third-order valence-electron chi connectivity index (χ3n) is 3.42. The Kier molecular flexibility index (Phi) is 4.07. The summed E-state index contributed by atoms with van der Waals surface area (Å²) in [6, 6.07) is 20.1. The molecule has 0 aliphatic heterocycles. The molecule has 0 radical (unpaired) electrons. The summed E-state index contributed by atoms with van der Waals surface area (Å²) in [7, 11) is 0. The molecule has 6 nitrogen and oxygen atoms in total. The monoisotopic (exact) mass is 334 g/mol. The molecule has 0 saturated heterocycles. The van der Waals surface area contributed by atoms with Gasteiger partial charge < -0.3 is 0 Å². The number of benzene rings is 2. The summed E-state index contributed by atoms with van der Waals surface area (Å²) in [5.41, 5.74) is 2.25. The summed E-state index contributed by atoms with van der Waals surface area (Å²) in [5, 5.41) is 17.9. The maximum atomic E-state index is 4.39. The van der Waals surface area contributed by atoms with Gasteiger partial charge in [0.1, 0.15) is 6.33 Å². The first kappa shape index (κ1) is 14.6. The zero-order valence-electron chi connectivity index (χ0n) is 12.7. The van der Waals surface area contributed by atoms with Gasteiger partial charge >= 0.3 is 0 Å². The fraction of sp³-hybridized carbons (Fsp3) is 0.0588. The lowest BCUT2D eigenvalue weighted by Gasteiger charge is -1.97. The lowest BCUT2D eigenvalue weighted by Crippen LogP contribution is -1.91. The van der Waals surface area contributed by atoms with E-state index in [1.807, 2.05) is 48.5 Å². The van der Waals surface area contributed by atoms with Crippen LogP contribution in [0.4, 0.5) is 0 Å². The van der Waals surface area contributed by atoms with Crippen molar-refractivity contribution in [2.75, 3.05) is 0 Å².